The lowest BCUT2D eigenvalue weighted by Gasteiger charge is -2.16. The van der Waals surface area contributed by atoms with E-state index in [0.29, 0.717) is 6.54 Å². The van der Waals surface area contributed by atoms with E-state index in [2.05, 4.69) is 15.3 Å². The first-order chi connectivity index (χ1) is 9.88. The molecule has 0 aliphatic heterocycles. The second-order valence-corrected chi connectivity index (χ2v) is 4.74. The van der Waals surface area contributed by atoms with E-state index in [1.54, 1.807) is 6.20 Å². The molecule has 0 amide bonds. The number of aromatic amines is 1. The van der Waals surface area contributed by atoms with E-state index in [9.17, 15) is 5.11 Å². The van der Waals surface area contributed by atoms with E-state index >= 15 is 0 Å². The van der Waals surface area contributed by atoms with Crippen molar-refractivity contribution in [3.63, 3.8) is 0 Å². The Morgan fingerprint density at radius 3 is 2.80 bits per heavy atom. The van der Waals surface area contributed by atoms with Crippen LogP contribution in [0.5, 0.6) is 0 Å². The van der Waals surface area contributed by atoms with Crippen molar-refractivity contribution in [2.75, 3.05) is 6.61 Å². The number of fused-ring (bicyclic) bond motifs is 1. The minimum atomic E-state index is -0.0576. The summed E-state index contributed by atoms with van der Waals surface area (Å²) in [6, 6.07) is 13.9. The van der Waals surface area contributed by atoms with Crippen LogP contribution in [0.1, 0.15) is 17.2 Å². The molecule has 0 fully saturated rings. The van der Waals surface area contributed by atoms with Gasteiger partial charge >= 0.3 is 0 Å². The Hall–Kier alpha value is -2.17. The number of pyridine rings is 1. The summed E-state index contributed by atoms with van der Waals surface area (Å²) < 4.78 is 0. The Labute approximate surface area is 117 Å². The zero-order valence-electron chi connectivity index (χ0n) is 11.1. The largest absolute Gasteiger partial charge is 0.394 e. The van der Waals surface area contributed by atoms with Crippen molar-refractivity contribution in [1.29, 1.82) is 0 Å². The van der Waals surface area contributed by atoms with Crippen LogP contribution in [-0.2, 0) is 6.54 Å². The highest BCUT2D eigenvalue weighted by atomic mass is 16.3. The van der Waals surface area contributed by atoms with Crippen molar-refractivity contribution in [1.82, 2.24) is 15.3 Å². The van der Waals surface area contributed by atoms with E-state index in [1.165, 1.54) is 0 Å². The SMILES string of the molecule is OCC(NCc1c[nH]c2ncccc12)c1ccccc1. The van der Waals surface area contributed by atoms with Gasteiger partial charge in [0, 0.05) is 24.3 Å². The third-order valence-corrected chi connectivity index (χ3v) is 3.46. The first-order valence-corrected chi connectivity index (χ1v) is 6.68. The van der Waals surface area contributed by atoms with Gasteiger partial charge in [0.15, 0.2) is 0 Å². The van der Waals surface area contributed by atoms with Gasteiger partial charge in [-0.05, 0) is 23.3 Å². The number of aromatic nitrogens is 2. The maximum atomic E-state index is 9.54. The monoisotopic (exact) mass is 267 g/mol. The zero-order valence-corrected chi connectivity index (χ0v) is 11.1. The summed E-state index contributed by atoms with van der Waals surface area (Å²) in [7, 11) is 0. The Morgan fingerprint density at radius 1 is 1.15 bits per heavy atom. The Kier molecular flexibility index (Phi) is 3.76. The average molecular weight is 267 g/mol. The van der Waals surface area contributed by atoms with Crippen LogP contribution in [0.2, 0.25) is 0 Å². The highest BCUT2D eigenvalue weighted by Gasteiger charge is 2.10. The first-order valence-electron chi connectivity index (χ1n) is 6.68. The van der Waals surface area contributed by atoms with Crippen LogP contribution in [-0.4, -0.2) is 21.7 Å². The summed E-state index contributed by atoms with van der Waals surface area (Å²) in [4.78, 5) is 7.43. The predicted octanol–water partition coefficient (Wildman–Crippen LogP) is 2.39. The van der Waals surface area contributed by atoms with E-state index in [0.717, 1.165) is 22.2 Å². The molecule has 4 nitrogen and oxygen atoms in total. The van der Waals surface area contributed by atoms with Crippen LogP contribution in [0.4, 0.5) is 0 Å². The summed E-state index contributed by atoms with van der Waals surface area (Å²) in [6.45, 7) is 0.760. The average Bonchev–Trinajstić information content (AvgIpc) is 2.92. The van der Waals surface area contributed by atoms with Crippen molar-refractivity contribution in [2.24, 2.45) is 0 Å². The molecule has 0 saturated carbocycles. The molecule has 102 valence electrons. The van der Waals surface area contributed by atoms with E-state index < -0.39 is 0 Å². The number of aliphatic hydroxyl groups is 1. The molecule has 3 N–H and O–H groups in total. The zero-order chi connectivity index (χ0) is 13.8. The Bertz CT molecular complexity index is 678. The fourth-order valence-corrected chi connectivity index (χ4v) is 2.37. The van der Waals surface area contributed by atoms with Gasteiger partial charge in [-0.15, -0.1) is 0 Å². The fourth-order valence-electron chi connectivity index (χ4n) is 2.37. The van der Waals surface area contributed by atoms with Crippen LogP contribution in [0.25, 0.3) is 11.0 Å². The van der Waals surface area contributed by atoms with Gasteiger partial charge in [-0.3, -0.25) is 0 Å². The molecular formula is C16H17N3O. The fraction of sp³-hybridized carbons (Fsp3) is 0.188. The standard InChI is InChI=1S/C16H17N3O/c20-11-15(12-5-2-1-3-6-12)18-9-13-10-19-16-14(13)7-4-8-17-16/h1-8,10,15,18,20H,9,11H2,(H,17,19). The van der Waals surface area contributed by atoms with Crippen molar-refractivity contribution in [2.45, 2.75) is 12.6 Å². The van der Waals surface area contributed by atoms with Gasteiger partial charge in [0.05, 0.1) is 12.6 Å². The Morgan fingerprint density at radius 2 is 2.00 bits per heavy atom. The molecule has 1 atom stereocenters. The molecule has 0 radical (unpaired) electrons. The number of nitrogens with one attached hydrogen (secondary N) is 2. The van der Waals surface area contributed by atoms with Crippen molar-refractivity contribution < 1.29 is 5.11 Å². The van der Waals surface area contributed by atoms with Gasteiger partial charge in [-0.25, -0.2) is 4.98 Å². The van der Waals surface area contributed by atoms with Gasteiger partial charge in [0.25, 0.3) is 0 Å². The number of nitrogens with zero attached hydrogens (tertiary/aromatic N) is 1. The molecule has 0 bridgehead atoms. The maximum Gasteiger partial charge on any atom is 0.137 e. The van der Waals surface area contributed by atoms with Gasteiger partial charge in [0.2, 0.25) is 0 Å². The molecule has 0 saturated heterocycles. The molecule has 20 heavy (non-hydrogen) atoms. The summed E-state index contributed by atoms with van der Waals surface area (Å²) in [5, 5.41) is 14.0. The number of H-pyrrole nitrogens is 1. The van der Waals surface area contributed by atoms with E-state index in [4.69, 9.17) is 0 Å². The molecule has 2 aromatic heterocycles. The molecule has 0 aliphatic rings. The van der Waals surface area contributed by atoms with Gasteiger partial charge < -0.3 is 15.4 Å². The molecule has 1 aromatic carbocycles. The van der Waals surface area contributed by atoms with Crippen LogP contribution in [0.15, 0.2) is 54.9 Å². The lowest BCUT2D eigenvalue weighted by atomic mass is 10.1. The van der Waals surface area contributed by atoms with Crippen LogP contribution in [0.3, 0.4) is 0 Å². The maximum absolute atomic E-state index is 9.54. The first kappa shape index (κ1) is 12.8. The smallest absolute Gasteiger partial charge is 0.137 e. The highest BCUT2D eigenvalue weighted by molar-refractivity contribution is 5.79. The predicted molar refractivity (Wildman–Crippen MR) is 79.2 cm³/mol. The summed E-state index contributed by atoms with van der Waals surface area (Å²) in [5.41, 5.74) is 3.14. The quantitative estimate of drug-likeness (QED) is 0.665. The number of hydrogen-bond acceptors (Lipinski definition) is 3. The van der Waals surface area contributed by atoms with E-state index in [-0.39, 0.29) is 12.6 Å². The van der Waals surface area contributed by atoms with Crippen LogP contribution >= 0.6 is 0 Å². The summed E-state index contributed by atoms with van der Waals surface area (Å²) in [6.07, 6.45) is 3.74. The van der Waals surface area contributed by atoms with Crippen LogP contribution < -0.4 is 5.32 Å². The second-order valence-electron chi connectivity index (χ2n) is 4.74. The Balaban J connectivity index is 1.75. The molecule has 2 heterocycles. The molecule has 3 rings (SSSR count). The van der Waals surface area contributed by atoms with Crippen molar-refractivity contribution >= 4 is 11.0 Å². The van der Waals surface area contributed by atoms with Crippen LogP contribution in [0, 0.1) is 0 Å². The molecule has 3 aromatic rings. The normalized spacial score (nSPS) is 12.7. The molecule has 1 unspecified atom stereocenters. The van der Waals surface area contributed by atoms with Gasteiger partial charge in [-0.1, -0.05) is 30.3 Å². The van der Waals surface area contributed by atoms with Crippen molar-refractivity contribution in [3.05, 3.63) is 66.0 Å². The third kappa shape index (κ3) is 2.57. The third-order valence-electron chi connectivity index (χ3n) is 3.46. The molecule has 4 heteroatoms. The topological polar surface area (TPSA) is 60.9 Å². The second kappa shape index (κ2) is 5.86. The lowest BCUT2D eigenvalue weighted by molar-refractivity contribution is 0.244. The van der Waals surface area contributed by atoms with Gasteiger partial charge in [0.1, 0.15) is 5.65 Å². The molecule has 0 aliphatic carbocycles. The minimum absolute atomic E-state index is 0.0576. The number of aliphatic hydroxyl groups excluding tert-OH is 1. The molecule has 0 spiro atoms. The highest BCUT2D eigenvalue weighted by Crippen LogP contribution is 2.17. The summed E-state index contributed by atoms with van der Waals surface area (Å²) >= 11 is 0. The summed E-state index contributed by atoms with van der Waals surface area (Å²) in [5.74, 6) is 0. The minimum Gasteiger partial charge on any atom is -0.394 e. The number of rotatable bonds is 5. The van der Waals surface area contributed by atoms with Crippen molar-refractivity contribution in [3.8, 4) is 0 Å². The number of benzene rings is 1. The van der Waals surface area contributed by atoms with E-state index in [1.807, 2.05) is 48.7 Å². The number of hydrogen-bond donors (Lipinski definition) is 3. The lowest BCUT2D eigenvalue weighted by Crippen LogP contribution is -2.23. The molecular weight excluding hydrogens is 250 g/mol. The van der Waals surface area contributed by atoms with Gasteiger partial charge in [-0.2, -0.15) is 0 Å².